The molecule has 8 nitrogen and oxygen atoms in total. The number of rotatable bonds is 5. The molecule has 3 heterocycles. The molecule has 1 fully saturated rings. The van der Waals surface area contributed by atoms with Crippen molar-refractivity contribution in [2.24, 2.45) is 7.05 Å². The molecule has 0 spiro atoms. The van der Waals surface area contributed by atoms with E-state index in [9.17, 15) is 9.90 Å². The Bertz CT molecular complexity index is 642. The summed E-state index contributed by atoms with van der Waals surface area (Å²) < 4.78 is 8.97. The molecule has 0 aliphatic carbocycles. The molecule has 0 radical (unpaired) electrons. The zero-order valence-corrected chi connectivity index (χ0v) is 11.8. The van der Waals surface area contributed by atoms with Gasteiger partial charge in [-0.2, -0.15) is 0 Å². The Morgan fingerprint density at radius 2 is 2.43 bits per heavy atom. The van der Waals surface area contributed by atoms with E-state index in [4.69, 9.17) is 4.74 Å². The zero-order chi connectivity index (χ0) is 14.8. The fraction of sp³-hybridized carbons (Fsp3) is 0.538. The lowest BCUT2D eigenvalue weighted by Crippen LogP contribution is -2.13. The molecular weight excluding hydrogens is 274 g/mol. The fourth-order valence-electron chi connectivity index (χ4n) is 2.59. The number of carboxylic acids is 1. The van der Waals surface area contributed by atoms with Crippen LogP contribution < -0.4 is 0 Å². The molecule has 0 saturated carbocycles. The summed E-state index contributed by atoms with van der Waals surface area (Å²) in [5.74, 6) is -1.09. The Kier molecular flexibility index (Phi) is 3.70. The average molecular weight is 291 g/mol. The molecule has 8 heteroatoms. The molecular formula is C13H17N5O3. The number of hydrogen-bond donors (Lipinski definition) is 1. The fourth-order valence-corrected chi connectivity index (χ4v) is 2.59. The van der Waals surface area contributed by atoms with Crippen molar-refractivity contribution < 1.29 is 14.6 Å². The van der Waals surface area contributed by atoms with Gasteiger partial charge in [-0.3, -0.25) is 0 Å². The Morgan fingerprint density at radius 1 is 1.57 bits per heavy atom. The summed E-state index contributed by atoms with van der Waals surface area (Å²) in [6.45, 7) is 1.38. The van der Waals surface area contributed by atoms with Gasteiger partial charge in [0.05, 0.1) is 24.3 Å². The maximum Gasteiger partial charge on any atom is 0.358 e. The van der Waals surface area contributed by atoms with Crippen LogP contribution in [0.5, 0.6) is 0 Å². The van der Waals surface area contributed by atoms with Crippen LogP contribution in [0.25, 0.3) is 11.4 Å². The van der Waals surface area contributed by atoms with Crippen LogP contribution in [0.2, 0.25) is 0 Å². The predicted molar refractivity (Wildman–Crippen MR) is 72.8 cm³/mol. The third kappa shape index (κ3) is 2.66. The Labute approximate surface area is 121 Å². The van der Waals surface area contributed by atoms with Gasteiger partial charge in [-0.05, 0) is 19.3 Å². The minimum absolute atomic E-state index is 0.0501. The number of imidazole rings is 1. The second kappa shape index (κ2) is 5.65. The van der Waals surface area contributed by atoms with Gasteiger partial charge in [0.15, 0.2) is 5.69 Å². The first-order chi connectivity index (χ1) is 10.2. The smallest absolute Gasteiger partial charge is 0.358 e. The van der Waals surface area contributed by atoms with Crippen LogP contribution in [-0.4, -0.2) is 48.3 Å². The largest absolute Gasteiger partial charge is 0.476 e. The van der Waals surface area contributed by atoms with Crippen LogP contribution in [0.15, 0.2) is 12.5 Å². The maximum absolute atomic E-state index is 11.3. The van der Waals surface area contributed by atoms with E-state index in [1.807, 2.05) is 7.05 Å². The Morgan fingerprint density at radius 3 is 3.05 bits per heavy atom. The van der Waals surface area contributed by atoms with Crippen LogP contribution in [0, 0.1) is 0 Å². The van der Waals surface area contributed by atoms with Crippen LogP contribution in [0.4, 0.5) is 0 Å². The number of nitrogens with zero attached hydrogens (tertiary/aromatic N) is 5. The minimum atomic E-state index is -1.09. The number of aromatic nitrogens is 5. The van der Waals surface area contributed by atoms with Gasteiger partial charge >= 0.3 is 5.97 Å². The second-order valence-electron chi connectivity index (χ2n) is 5.13. The monoisotopic (exact) mass is 291 g/mol. The summed E-state index contributed by atoms with van der Waals surface area (Å²) in [4.78, 5) is 15.4. The summed E-state index contributed by atoms with van der Waals surface area (Å²) in [6.07, 6.45) is 6.39. The van der Waals surface area contributed by atoms with Gasteiger partial charge in [-0.15, -0.1) is 5.10 Å². The lowest BCUT2D eigenvalue weighted by Gasteiger charge is -2.11. The van der Waals surface area contributed by atoms with Crippen LogP contribution in [0.3, 0.4) is 0 Å². The highest BCUT2D eigenvalue weighted by molar-refractivity contribution is 5.92. The van der Waals surface area contributed by atoms with E-state index in [0.717, 1.165) is 25.9 Å². The van der Waals surface area contributed by atoms with Crippen molar-refractivity contribution in [3.8, 4) is 11.4 Å². The van der Waals surface area contributed by atoms with Gasteiger partial charge in [-0.25, -0.2) is 14.5 Å². The van der Waals surface area contributed by atoms with Crippen LogP contribution in [-0.2, 0) is 18.3 Å². The third-order valence-corrected chi connectivity index (χ3v) is 3.68. The number of carbonyl (C=O) groups is 1. The molecule has 1 unspecified atom stereocenters. The van der Waals surface area contributed by atoms with E-state index in [1.54, 1.807) is 21.8 Å². The van der Waals surface area contributed by atoms with Crippen LogP contribution >= 0.6 is 0 Å². The lowest BCUT2D eigenvalue weighted by molar-refractivity contribution is 0.0691. The second-order valence-corrected chi connectivity index (χ2v) is 5.13. The SMILES string of the molecule is Cn1cncc1-c1c(C(=O)O)nnn1CCC1CCCO1. The molecule has 1 saturated heterocycles. The van der Waals surface area contributed by atoms with Crippen molar-refractivity contribution in [1.29, 1.82) is 0 Å². The zero-order valence-electron chi connectivity index (χ0n) is 11.8. The van der Waals surface area contributed by atoms with Crippen molar-refractivity contribution in [3.05, 3.63) is 18.2 Å². The molecule has 112 valence electrons. The van der Waals surface area contributed by atoms with E-state index in [0.29, 0.717) is 17.9 Å². The molecule has 0 amide bonds. The van der Waals surface area contributed by atoms with Crippen molar-refractivity contribution >= 4 is 5.97 Å². The normalized spacial score (nSPS) is 18.2. The van der Waals surface area contributed by atoms with Gasteiger partial charge in [0, 0.05) is 20.2 Å². The first kappa shape index (κ1) is 13.7. The first-order valence-electron chi connectivity index (χ1n) is 6.92. The molecule has 3 rings (SSSR count). The number of hydrogen-bond acceptors (Lipinski definition) is 5. The van der Waals surface area contributed by atoms with E-state index in [2.05, 4.69) is 15.3 Å². The summed E-state index contributed by atoms with van der Waals surface area (Å²) >= 11 is 0. The van der Waals surface area contributed by atoms with E-state index < -0.39 is 5.97 Å². The predicted octanol–water partition coefficient (Wildman–Crippen LogP) is 0.946. The molecule has 2 aromatic rings. The third-order valence-electron chi connectivity index (χ3n) is 3.68. The minimum Gasteiger partial charge on any atom is -0.476 e. The summed E-state index contributed by atoms with van der Waals surface area (Å²) in [7, 11) is 1.81. The van der Waals surface area contributed by atoms with E-state index in [-0.39, 0.29) is 11.8 Å². The van der Waals surface area contributed by atoms with E-state index in [1.165, 1.54) is 0 Å². The number of carboxylic acid groups (broad SMARTS) is 1. The quantitative estimate of drug-likeness (QED) is 0.881. The van der Waals surface area contributed by atoms with Crippen molar-refractivity contribution in [2.45, 2.75) is 31.9 Å². The van der Waals surface area contributed by atoms with Gasteiger partial charge < -0.3 is 14.4 Å². The molecule has 0 aromatic carbocycles. The maximum atomic E-state index is 11.3. The topological polar surface area (TPSA) is 95.1 Å². The highest BCUT2D eigenvalue weighted by Gasteiger charge is 2.24. The van der Waals surface area contributed by atoms with Gasteiger partial charge in [0.2, 0.25) is 0 Å². The van der Waals surface area contributed by atoms with Crippen LogP contribution in [0.1, 0.15) is 29.8 Å². The molecule has 21 heavy (non-hydrogen) atoms. The highest BCUT2D eigenvalue weighted by Crippen LogP contribution is 2.23. The lowest BCUT2D eigenvalue weighted by atomic mass is 10.2. The Hall–Kier alpha value is -2.22. The first-order valence-corrected chi connectivity index (χ1v) is 6.92. The van der Waals surface area contributed by atoms with E-state index >= 15 is 0 Å². The van der Waals surface area contributed by atoms with Gasteiger partial charge in [-0.1, -0.05) is 5.21 Å². The molecule has 1 aliphatic heterocycles. The number of aromatic carboxylic acids is 1. The van der Waals surface area contributed by atoms with Crippen molar-refractivity contribution in [2.75, 3.05) is 6.61 Å². The molecule has 1 atom stereocenters. The molecule has 2 aromatic heterocycles. The highest BCUT2D eigenvalue weighted by atomic mass is 16.5. The van der Waals surface area contributed by atoms with Crippen molar-refractivity contribution in [3.63, 3.8) is 0 Å². The average Bonchev–Trinajstić information content (AvgIpc) is 3.15. The molecule has 0 bridgehead atoms. The van der Waals surface area contributed by atoms with Crippen molar-refractivity contribution in [1.82, 2.24) is 24.5 Å². The van der Waals surface area contributed by atoms with Gasteiger partial charge in [0.1, 0.15) is 5.69 Å². The molecule has 1 N–H and O–H groups in total. The summed E-state index contributed by atoms with van der Waals surface area (Å²) in [6, 6.07) is 0. The number of aryl methyl sites for hydroxylation is 2. The summed E-state index contributed by atoms with van der Waals surface area (Å²) in [5.41, 5.74) is 1.12. The Balaban J connectivity index is 1.89. The molecule has 1 aliphatic rings. The summed E-state index contributed by atoms with van der Waals surface area (Å²) in [5, 5.41) is 17.1. The van der Waals surface area contributed by atoms with Gasteiger partial charge in [0.25, 0.3) is 0 Å². The number of ether oxygens (including phenoxy) is 1. The standard InChI is InChI=1S/C13H17N5O3/c1-17-8-14-7-10(17)12-11(13(19)20)15-16-18(12)5-4-9-3-2-6-21-9/h7-9H,2-6H2,1H3,(H,19,20).